The first-order valence-electron chi connectivity index (χ1n) is 3.76. The summed E-state index contributed by atoms with van der Waals surface area (Å²) < 4.78 is -0.665. The van der Waals surface area contributed by atoms with E-state index in [0.717, 1.165) is 0 Å². The van der Waals surface area contributed by atoms with Crippen LogP contribution in [0.5, 0.6) is 0 Å². The molecule has 0 heterocycles. The maximum Gasteiger partial charge on any atom is 0.318 e. The summed E-state index contributed by atoms with van der Waals surface area (Å²) in [6, 6.07) is -0.814. The SMILES string of the molecule is CCC(Br)(CC)C(=O)NC(N)=O.P. The normalized spacial score (nSPS) is 10.1. The summed E-state index contributed by atoms with van der Waals surface area (Å²) in [4.78, 5) is 21.6. The third-order valence-electron chi connectivity index (χ3n) is 1.76. The molecule has 1 unspecified atom stereocenters. The van der Waals surface area contributed by atoms with Crippen molar-refractivity contribution in [2.24, 2.45) is 5.73 Å². The van der Waals surface area contributed by atoms with Gasteiger partial charge in [-0.15, -0.1) is 0 Å². The highest BCUT2D eigenvalue weighted by molar-refractivity contribution is 9.10. The maximum absolute atomic E-state index is 11.3. The van der Waals surface area contributed by atoms with Gasteiger partial charge in [0, 0.05) is 0 Å². The summed E-state index contributed by atoms with van der Waals surface area (Å²) in [5.41, 5.74) is 4.81. The van der Waals surface area contributed by atoms with Crippen molar-refractivity contribution in [1.82, 2.24) is 5.32 Å². The fourth-order valence-corrected chi connectivity index (χ4v) is 0.894. The fraction of sp³-hybridized carbons (Fsp3) is 0.714. The third-order valence-corrected chi connectivity index (χ3v) is 3.25. The van der Waals surface area contributed by atoms with Gasteiger partial charge in [-0.1, -0.05) is 29.8 Å². The molecule has 78 valence electrons. The van der Waals surface area contributed by atoms with Gasteiger partial charge in [0.25, 0.3) is 0 Å². The van der Waals surface area contributed by atoms with Crippen molar-refractivity contribution in [2.75, 3.05) is 0 Å². The smallest absolute Gasteiger partial charge is 0.318 e. The molecule has 0 radical (unpaired) electrons. The Hall–Kier alpha value is -0.150. The number of nitrogens with two attached hydrogens (primary N) is 1. The van der Waals surface area contributed by atoms with E-state index < -0.39 is 10.4 Å². The molecule has 0 fully saturated rings. The first-order valence-corrected chi connectivity index (χ1v) is 4.55. The summed E-state index contributed by atoms with van der Waals surface area (Å²) in [5, 5.41) is 2.04. The largest absolute Gasteiger partial charge is 0.351 e. The monoisotopic (exact) mass is 270 g/mol. The van der Waals surface area contributed by atoms with Gasteiger partial charge < -0.3 is 5.73 Å². The number of carbonyl (C=O) groups excluding carboxylic acids is 2. The zero-order chi connectivity index (χ0) is 9.78. The number of nitrogens with one attached hydrogen (secondary N) is 1. The van der Waals surface area contributed by atoms with Crippen LogP contribution in [0.3, 0.4) is 0 Å². The molecule has 0 aromatic carbocycles. The van der Waals surface area contributed by atoms with Crippen molar-refractivity contribution in [1.29, 1.82) is 0 Å². The Kier molecular flexibility index (Phi) is 7.46. The average molecular weight is 271 g/mol. The standard InChI is InChI=1S/C7H13BrN2O2.H3P/c1-3-7(8,4-2)5(11)10-6(9)12;/h3-4H2,1-2H3,(H3,9,10,11,12);1H3. The van der Waals surface area contributed by atoms with Gasteiger partial charge >= 0.3 is 6.03 Å². The van der Waals surface area contributed by atoms with E-state index in [2.05, 4.69) is 15.9 Å². The van der Waals surface area contributed by atoms with E-state index in [0.29, 0.717) is 12.8 Å². The molecule has 6 heteroatoms. The number of amides is 3. The number of urea groups is 1. The molecular formula is C7H16BrN2O2P. The molecule has 0 aromatic rings. The number of carbonyl (C=O) groups is 2. The molecule has 0 aliphatic carbocycles. The summed E-state index contributed by atoms with van der Waals surface area (Å²) in [6.45, 7) is 3.72. The number of primary amides is 1. The molecule has 0 bridgehead atoms. The van der Waals surface area contributed by atoms with E-state index in [1.807, 2.05) is 19.2 Å². The highest BCUT2D eigenvalue weighted by Crippen LogP contribution is 2.26. The summed E-state index contributed by atoms with van der Waals surface area (Å²) in [5.74, 6) is -0.375. The van der Waals surface area contributed by atoms with Crippen molar-refractivity contribution in [3.05, 3.63) is 0 Å². The van der Waals surface area contributed by atoms with Crippen molar-refractivity contribution in [3.8, 4) is 0 Å². The van der Waals surface area contributed by atoms with Crippen LogP contribution in [0, 0.1) is 0 Å². The molecule has 0 aromatic heterocycles. The maximum atomic E-state index is 11.3. The molecule has 0 saturated carbocycles. The number of hydrogen-bond acceptors (Lipinski definition) is 2. The van der Waals surface area contributed by atoms with Crippen molar-refractivity contribution in [2.45, 2.75) is 31.0 Å². The Morgan fingerprint density at radius 2 is 1.77 bits per heavy atom. The second-order valence-corrected chi connectivity index (χ2v) is 4.01. The minimum Gasteiger partial charge on any atom is -0.351 e. The highest BCUT2D eigenvalue weighted by atomic mass is 79.9. The van der Waals surface area contributed by atoms with Gasteiger partial charge in [-0.05, 0) is 12.8 Å². The molecular weight excluding hydrogens is 255 g/mol. The van der Waals surface area contributed by atoms with Gasteiger partial charge in [-0.2, -0.15) is 9.90 Å². The van der Waals surface area contributed by atoms with Crippen molar-refractivity contribution in [3.63, 3.8) is 0 Å². The van der Waals surface area contributed by atoms with Crippen LogP contribution in [0.4, 0.5) is 4.79 Å². The Morgan fingerprint density at radius 3 is 2.00 bits per heavy atom. The molecule has 4 nitrogen and oxygen atoms in total. The Balaban J connectivity index is 0. The molecule has 0 rings (SSSR count). The van der Waals surface area contributed by atoms with Crippen LogP contribution in [0.25, 0.3) is 0 Å². The van der Waals surface area contributed by atoms with E-state index in [9.17, 15) is 9.59 Å². The van der Waals surface area contributed by atoms with Crippen LogP contribution >= 0.6 is 25.8 Å². The second kappa shape index (κ2) is 6.33. The van der Waals surface area contributed by atoms with Gasteiger partial charge in [0.05, 0.1) is 0 Å². The van der Waals surface area contributed by atoms with Crippen molar-refractivity contribution < 1.29 is 9.59 Å². The molecule has 0 spiro atoms. The topological polar surface area (TPSA) is 72.2 Å². The lowest BCUT2D eigenvalue weighted by molar-refractivity contribution is -0.122. The van der Waals surface area contributed by atoms with E-state index in [4.69, 9.17) is 5.73 Å². The van der Waals surface area contributed by atoms with Crippen LogP contribution < -0.4 is 11.1 Å². The third kappa shape index (κ3) is 4.58. The highest BCUT2D eigenvalue weighted by Gasteiger charge is 2.32. The predicted octanol–water partition coefficient (Wildman–Crippen LogP) is 1.19. The lowest BCUT2D eigenvalue weighted by Gasteiger charge is -2.21. The molecule has 1 atom stereocenters. The van der Waals surface area contributed by atoms with E-state index in [1.165, 1.54) is 0 Å². The molecule has 3 N–H and O–H groups in total. The zero-order valence-electron chi connectivity index (χ0n) is 7.89. The molecule has 0 aliphatic rings. The summed E-state index contributed by atoms with van der Waals surface area (Å²) in [6.07, 6.45) is 1.23. The minimum absolute atomic E-state index is 0. The first kappa shape index (κ1) is 15.3. The minimum atomic E-state index is -0.814. The number of imide groups is 1. The zero-order valence-corrected chi connectivity index (χ0v) is 10.9. The first-order chi connectivity index (χ1) is 5.46. The molecule has 0 saturated heterocycles. The van der Waals surface area contributed by atoms with E-state index >= 15 is 0 Å². The summed E-state index contributed by atoms with van der Waals surface area (Å²) >= 11 is 3.26. The quantitative estimate of drug-likeness (QED) is 0.598. The van der Waals surface area contributed by atoms with Crippen LogP contribution in [0.2, 0.25) is 0 Å². The lowest BCUT2D eigenvalue weighted by atomic mass is 10.0. The van der Waals surface area contributed by atoms with E-state index in [1.54, 1.807) is 0 Å². The molecule has 3 amide bonds. The second-order valence-electron chi connectivity index (χ2n) is 2.49. The van der Waals surface area contributed by atoms with Crippen LogP contribution in [-0.4, -0.2) is 16.3 Å². The van der Waals surface area contributed by atoms with Crippen LogP contribution in [-0.2, 0) is 4.79 Å². The van der Waals surface area contributed by atoms with Crippen LogP contribution in [0.1, 0.15) is 26.7 Å². The summed E-state index contributed by atoms with van der Waals surface area (Å²) in [7, 11) is 0. The van der Waals surface area contributed by atoms with Gasteiger partial charge in [0.2, 0.25) is 5.91 Å². The Bertz CT molecular complexity index is 195. The number of halogens is 1. The number of alkyl halides is 1. The average Bonchev–Trinajstić information content (AvgIpc) is 2.02. The van der Waals surface area contributed by atoms with Gasteiger partial charge in [0.1, 0.15) is 4.32 Å². The van der Waals surface area contributed by atoms with Gasteiger partial charge in [-0.25, -0.2) is 4.79 Å². The van der Waals surface area contributed by atoms with Gasteiger partial charge in [-0.3, -0.25) is 10.1 Å². The van der Waals surface area contributed by atoms with Gasteiger partial charge in [0.15, 0.2) is 0 Å². The Morgan fingerprint density at radius 1 is 1.38 bits per heavy atom. The van der Waals surface area contributed by atoms with Crippen molar-refractivity contribution >= 4 is 37.8 Å². The lowest BCUT2D eigenvalue weighted by Crippen LogP contribution is -2.46. The number of rotatable bonds is 3. The Labute approximate surface area is 89.8 Å². The fourth-order valence-electron chi connectivity index (χ4n) is 0.795. The predicted molar refractivity (Wildman–Crippen MR) is 61.1 cm³/mol. The van der Waals surface area contributed by atoms with E-state index in [-0.39, 0.29) is 15.8 Å². The molecule has 0 aliphatic heterocycles. The molecule has 13 heavy (non-hydrogen) atoms. The number of hydrogen-bond donors (Lipinski definition) is 2. The van der Waals surface area contributed by atoms with Crippen LogP contribution in [0.15, 0.2) is 0 Å².